The van der Waals surface area contributed by atoms with Crippen molar-refractivity contribution < 1.29 is 12.8 Å². The lowest BCUT2D eigenvalue weighted by Crippen LogP contribution is -2.47. The second-order valence-corrected chi connectivity index (χ2v) is 7.08. The maximum Gasteiger partial charge on any atom is 0.243 e. The summed E-state index contributed by atoms with van der Waals surface area (Å²) in [6.07, 6.45) is 1.80. The molecule has 0 bridgehead atoms. The van der Waals surface area contributed by atoms with E-state index in [4.69, 9.17) is 0 Å². The second kappa shape index (κ2) is 6.20. The Hall–Kier alpha value is -0.980. The molecule has 0 spiro atoms. The molecule has 1 heterocycles. The standard InChI is InChI=1S/C14H21FN2O2S/c1-3-16-13-5-4-8-17(10-13)20(18,19)14-9-12(15)7-6-11(14)2/h6-7,9,13,16H,3-5,8,10H2,1-2H3. The number of sulfonamides is 1. The quantitative estimate of drug-likeness (QED) is 0.924. The highest BCUT2D eigenvalue weighted by Gasteiger charge is 2.31. The lowest BCUT2D eigenvalue weighted by molar-refractivity contribution is 0.286. The Balaban J connectivity index is 2.27. The zero-order valence-electron chi connectivity index (χ0n) is 11.9. The molecule has 1 N–H and O–H groups in total. The number of hydrogen-bond donors (Lipinski definition) is 1. The summed E-state index contributed by atoms with van der Waals surface area (Å²) < 4.78 is 40.1. The third-order valence-corrected chi connectivity index (χ3v) is 5.65. The second-order valence-electron chi connectivity index (χ2n) is 5.17. The summed E-state index contributed by atoms with van der Waals surface area (Å²) in [5, 5.41) is 3.28. The van der Waals surface area contributed by atoms with Crippen LogP contribution in [0.5, 0.6) is 0 Å². The van der Waals surface area contributed by atoms with Gasteiger partial charge in [-0.05, 0) is 44.0 Å². The fourth-order valence-electron chi connectivity index (χ4n) is 2.61. The van der Waals surface area contributed by atoms with Gasteiger partial charge in [0.2, 0.25) is 10.0 Å². The van der Waals surface area contributed by atoms with Crippen molar-refractivity contribution in [1.29, 1.82) is 0 Å². The molecule has 0 radical (unpaired) electrons. The van der Waals surface area contributed by atoms with Crippen LogP contribution in [-0.4, -0.2) is 38.4 Å². The monoisotopic (exact) mass is 300 g/mol. The van der Waals surface area contributed by atoms with Crippen LogP contribution in [0.3, 0.4) is 0 Å². The molecular weight excluding hydrogens is 279 g/mol. The number of nitrogens with zero attached hydrogens (tertiary/aromatic N) is 1. The summed E-state index contributed by atoms with van der Waals surface area (Å²) in [5.74, 6) is -0.519. The SMILES string of the molecule is CCNC1CCCN(S(=O)(=O)c2cc(F)ccc2C)C1. The fraction of sp³-hybridized carbons (Fsp3) is 0.571. The van der Waals surface area contributed by atoms with Crippen LogP contribution < -0.4 is 5.32 Å². The molecule has 0 aliphatic carbocycles. The van der Waals surface area contributed by atoms with Crippen molar-refractivity contribution >= 4 is 10.0 Å². The number of rotatable bonds is 4. The van der Waals surface area contributed by atoms with E-state index in [0.717, 1.165) is 25.5 Å². The highest BCUT2D eigenvalue weighted by molar-refractivity contribution is 7.89. The van der Waals surface area contributed by atoms with E-state index in [-0.39, 0.29) is 10.9 Å². The van der Waals surface area contributed by atoms with E-state index in [1.54, 1.807) is 6.92 Å². The van der Waals surface area contributed by atoms with E-state index in [1.165, 1.54) is 16.4 Å². The van der Waals surface area contributed by atoms with Gasteiger partial charge in [-0.15, -0.1) is 0 Å². The maximum atomic E-state index is 13.3. The van der Waals surface area contributed by atoms with Gasteiger partial charge in [-0.2, -0.15) is 4.31 Å². The maximum absolute atomic E-state index is 13.3. The van der Waals surface area contributed by atoms with Gasteiger partial charge in [0.25, 0.3) is 0 Å². The van der Waals surface area contributed by atoms with Crippen LogP contribution in [-0.2, 0) is 10.0 Å². The third-order valence-electron chi connectivity index (χ3n) is 3.64. The zero-order chi connectivity index (χ0) is 14.8. The lowest BCUT2D eigenvalue weighted by atomic mass is 10.1. The zero-order valence-corrected chi connectivity index (χ0v) is 12.7. The molecule has 1 saturated heterocycles. The first-order valence-corrected chi connectivity index (χ1v) is 8.39. The van der Waals surface area contributed by atoms with E-state index >= 15 is 0 Å². The smallest absolute Gasteiger partial charge is 0.243 e. The molecule has 1 fully saturated rings. The van der Waals surface area contributed by atoms with E-state index < -0.39 is 15.8 Å². The number of nitrogens with one attached hydrogen (secondary N) is 1. The molecule has 1 aromatic carbocycles. The molecule has 2 rings (SSSR count). The third kappa shape index (κ3) is 3.19. The van der Waals surface area contributed by atoms with Crippen molar-refractivity contribution in [2.45, 2.75) is 37.6 Å². The minimum absolute atomic E-state index is 0.0784. The first kappa shape index (κ1) is 15.4. The molecule has 1 aromatic rings. The summed E-state index contributed by atoms with van der Waals surface area (Å²) in [4.78, 5) is 0.0784. The van der Waals surface area contributed by atoms with Crippen molar-refractivity contribution in [3.8, 4) is 0 Å². The lowest BCUT2D eigenvalue weighted by Gasteiger charge is -2.32. The summed E-state index contributed by atoms with van der Waals surface area (Å²) in [5.41, 5.74) is 0.581. The van der Waals surface area contributed by atoms with Gasteiger partial charge >= 0.3 is 0 Å². The summed E-state index contributed by atoms with van der Waals surface area (Å²) >= 11 is 0. The molecule has 6 heteroatoms. The van der Waals surface area contributed by atoms with Crippen molar-refractivity contribution in [1.82, 2.24) is 9.62 Å². The first-order chi connectivity index (χ1) is 9.45. The molecule has 20 heavy (non-hydrogen) atoms. The van der Waals surface area contributed by atoms with E-state index in [2.05, 4.69) is 5.32 Å². The average Bonchev–Trinajstić information content (AvgIpc) is 2.42. The number of aryl methyl sites for hydroxylation is 1. The molecular formula is C14H21FN2O2S. The van der Waals surface area contributed by atoms with Gasteiger partial charge in [-0.25, -0.2) is 12.8 Å². The largest absolute Gasteiger partial charge is 0.313 e. The predicted molar refractivity (Wildman–Crippen MR) is 76.6 cm³/mol. The number of hydrogen-bond acceptors (Lipinski definition) is 3. The Kier molecular flexibility index (Phi) is 4.78. The van der Waals surface area contributed by atoms with E-state index in [9.17, 15) is 12.8 Å². The van der Waals surface area contributed by atoms with Crippen LogP contribution in [0.1, 0.15) is 25.3 Å². The van der Waals surface area contributed by atoms with Crippen LogP contribution in [0.2, 0.25) is 0 Å². The Morgan fingerprint density at radius 2 is 2.20 bits per heavy atom. The Bertz CT molecular complexity index is 573. The van der Waals surface area contributed by atoms with Crippen LogP contribution in [0.25, 0.3) is 0 Å². The molecule has 1 aliphatic rings. The highest BCUT2D eigenvalue weighted by Crippen LogP contribution is 2.24. The Morgan fingerprint density at radius 3 is 2.90 bits per heavy atom. The van der Waals surface area contributed by atoms with Crippen LogP contribution in [0, 0.1) is 12.7 Å². The molecule has 1 unspecified atom stereocenters. The van der Waals surface area contributed by atoms with Crippen LogP contribution >= 0.6 is 0 Å². The van der Waals surface area contributed by atoms with Gasteiger partial charge in [0.1, 0.15) is 5.82 Å². The van der Waals surface area contributed by atoms with Crippen molar-refractivity contribution in [3.05, 3.63) is 29.6 Å². The van der Waals surface area contributed by atoms with Gasteiger partial charge < -0.3 is 5.32 Å². The summed E-state index contributed by atoms with van der Waals surface area (Å²) in [6, 6.07) is 4.08. The predicted octanol–water partition coefficient (Wildman–Crippen LogP) is 1.90. The molecule has 0 saturated carbocycles. The molecule has 112 valence electrons. The fourth-order valence-corrected chi connectivity index (χ4v) is 4.37. The van der Waals surface area contributed by atoms with E-state index in [0.29, 0.717) is 18.7 Å². The molecule has 0 aromatic heterocycles. The average molecular weight is 300 g/mol. The normalized spacial score (nSPS) is 21.1. The number of benzene rings is 1. The molecule has 0 amide bonds. The minimum atomic E-state index is -3.61. The minimum Gasteiger partial charge on any atom is -0.313 e. The number of likely N-dealkylation sites (N-methyl/N-ethyl adjacent to an activating group) is 1. The molecule has 4 nitrogen and oxygen atoms in total. The van der Waals surface area contributed by atoms with Crippen molar-refractivity contribution in [3.63, 3.8) is 0 Å². The highest BCUT2D eigenvalue weighted by atomic mass is 32.2. The summed E-state index contributed by atoms with van der Waals surface area (Å²) in [7, 11) is -3.61. The van der Waals surface area contributed by atoms with Gasteiger partial charge in [-0.3, -0.25) is 0 Å². The molecule has 1 aliphatic heterocycles. The van der Waals surface area contributed by atoms with Crippen LogP contribution in [0.15, 0.2) is 23.1 Å². The van der Waals surface area contributed by atoms with Crippen LogP contribution in [0.4, 0.5) is 4.39 Å². The van der Waals surface area contributed by atoms with Gasteiger partial charge in [0.15, 0.2) is 0 Å². The Labute approximate surface area is 120 Å². The molecule has 1 atom stereocenters. The first-order valence-electron chi connectivity index (χ1n) is 6.95. The van der Waals surface area contributed by atoms with Gasteiger partial charge in [-0.1, -0.05) is 13.0 Å². The van der Waals surface area contributed by atoms with E-state index in [1.807, 2.05) is 6.92 Å². The van der Waals surface area contributed by atoms with Gasteiger partial charge in [0.05, 0.1) is 4.90 Å². The topological polar surface area (TPSA) is 49.4 Å². The summed E-state index contributed by atoms with van der Waals surface area (Å²) in [6.45, 7) is 5.46. The van der Waals surface area contributed by atoms with Crippen molar-refractivity contribution in [2.24, 2.45) is 0 Å². The van der Waals surface area contributed by atoms with Gasteiger partial charge in [0, 0.05) is 19.1 Å². The number of piperidine rings is 1. The van der Waals surface area contributed by atoms with Crippen molar-refractivity contribution in [2.75, 3.05) is 19.6 Å². The Morgan fingerprint density at radius 1 is 1.45 bits per heavy atom. The number of halogens is 1.